The summed E-state index contributed by atoms with van der Waals surface area (Å²) in [6.45, 7) is 5.31. The molecule has 0 saturated carbocycles. The summed E-state index contributed by atoms with van der Waals surface area (Å²) >= 11 is 0. The standard InChI is InChI=1S/C32H38N2O2.C2H2O4/c35-32(34-20-14-27(15-21-34)22-26-8-3-1-4-9-26)30-16-18-33(19-17-30)24-29-12-7-13-31(23-29)36-25-28-10-5-2-6-11-28;3-1(4)2(5)6/h1-13,23,27,30H,14-22,24-25H2;(H,3,4)(H,5,6). The van der Waals surface area contributed by atoms with E-state index in [1.54, 1.807) is 0 Å². The third kappa shape index (κ3) is 9.73. The van der Waals surface area contributed by atoms with Crippen LogP contribution in [0.3, 0.4) is 0 Å². The van der Waals surface area contributed by atoms with Crippen molar-refractivity contribution in [2.75, 3.05) is 26.2 Å². The zero-order chi connectivity index (χ0) is 29.7. The van der Waals surface area contributed by atoms with Gasteiger partial charge in [0.05, 0.1) is 0 Å². The summed E-state index contributed by atoms with van der Waals surface area (Å²) in [7, 11) is 0. The number of hydrogen-bond donors (Lipinski definition) is 2. The average molecular weight is 573 g/mol. The summed E-state index contributed by atoms with van der Waals surface area (Å²) < 4.78 is 6.01. The summed E-state index contributed by atoms with van der Waals surface area (Å²) in [5.41, 5.74) is 3.86. The average Bonchev–Trinajstić information content (AvgIpc) is 3.02. The fourth-order valence-corrected chi connectivity index (χ4v) is 5.63. The number of carboxylic acid groups (broad SMARTS) is 2. The molecule has 2 N–H and O–H groups in total. The molecule has 2 aliphatic heterocycles. The van der Waals surface area contributed by atoms with Crippen molar-refractivity contribution in [2.24, 2.45) is 11.8 Å². The Morgan fingerprint density at radius 2 is 1.26 bits per heavy atom. The van der Waals surface area contributed by atoms with E-state index in [0.29, 0.717) is 18.4 Å². The van der Waals surface area contributed by atoms with E-state index in [1.807, 2.05) is 24.3 Å². The molecule has 0 spiro atoms. The predicted molar refractivity (Wildman–Crippen MR) is 160 cm³/mol. The Morgan fingerprint density at radius 1 is 0.690 bits per heavy atom. The molecule has 0 atom stereocenters. The Labute approximate surface area is 247 Å². The first kappa shape index (κ1) is 30.8. The zero-order valence-corrected chi connectivity index (χ0v) is 23.9. The van der Waals surface area contributed by atoms with Gasteiger partial charge in [-0.25, -0.2) is 9.59 Å². The smallest absolute Gasteiger partial charge is 0.414 e. The molecule has 222 valence electrons. The number of benzene rings is 3. The highest BCUT2D eigenvalue weighted by molar-refractivity contribution is 6.27. The number of nitrogens with zero attached hydrogens (tertiary/aromatic N) is 2. The lowest BCUT2D eigenvalue weighted by molar-refractivity contribution is -0.159. The van der Waals surface area contributed by atoms with Gasteiger partial charge in [-0.05, 0) is 79.9 Å². The normalized spacial score (nSPS) is 16.2. The van der Waals surface area contributed by atoms with E-state index in [0.717, 1.165) is 70.6 Å². The number of carbonyl (C=O) groups is 3. The Morgan fingerprint density at radius 3 is 1.86 bits per heavy atom. The van der Waals surface area contributed by atoms with Gasteiger partial charge in [0, 0.05) is 25.6 Å². The van der Waals surface area contributed by atoms with Crippen molar-refractivity contribution in [1.82, 2.24) is 9.80 Å². The van der Waals surface area contributed by atoms with Crippen LogP contribution in [0, 0.1) is 11.8 Å². The number of carboxylic acids is 2. The van der Waals surface area contributed by atoms with E-state index in [1.165, 1.54) is 16.7 Å². The van der Waals surface area contributed by atoms with Gasteiger partial charge in [0.1, 0.15) is 12.4 Å². The molecule has 0 aromatic heterocycles. The lowest BCUT2D eigenvalue weighted by Gasteiger charge is -2.37. The predicted octanol–water partition coefficient (Wildman–Crippen LogP) is 5.11. The number of rotatable bonds is 8. The molecular formula is C34H40N2O6. The molecule has 3 aromatic rings. The van der Waals surface area contributed by atoms with Crippen LogP contribution in [0.5, 0.6) is 5.75 Å². The SMILES string of the molecule is O=C(C1CCN(Cc2cccc(OCc3ccccc3)c2)CC1)N1CCC(Cc2ccccc2)CC1.O=C(O)C(=O)O. The molecule has 2 saturated heterocycles. The molecule has 8 nitrogen and oxygen atoms in total. The van der Waals surface area contributed by atoms with Crippen LogP contribution in [0.25, 0.3) is 0 Å². The Kier molecular flexibility index (Phi) is 11.5. The summed E-state index contributed by atoms with van der Waals surface area (Å²) in [6, 6.07) is 29.5. The van der Waals surface area contributed by atoms with Crippen molar-refractivity contribution in [3.05, 3.63) is 102 Å². The van der Waals surface area contributed by atoms with Crippen molar-refractivity contribution in [3.8, 4) is 5.75 Å². The number of piperidine rings is 2. The Hall–Kier alpha value is -4.17. The second kappa shape index (κ2) is 15.7. The quantitative estimate of drug-likeness (QED) is 0.361. The summed E-state index contributed by atoms with van der Waals surface area (Å²) in [5, 5.41) is 14.8. The van der Waals surface area contributed by atoms with Gasteiger partial charge in [-0.2, -0.15) is 0 Å². The Balaban J connectivity index is 0.000000612. The van der Waals surface area contributed by atoms with Crippen LogP contribution in [0.15, 0.2) is 84.9 Å². The molecular weight excluding hydrogens is 532 g/mol. The molecule has 2 fully saturated rings. The van der Waals surface area contributed by atoms with Crippen molar-refractivity contribution in [2.45, 2.75) is 45.3 Å². The number of amides is 1. The van der Waals surface area contributed by atoms with Crippen LogP contribution < -0.4 is 4.74 Å². The summed E-state index contributed by atoms with van der Waals surface area (Å²) in [5.74, 6) is -1.45. The van der Waals surface area contributed by atoms with Crippen LogP contribution in [-0.4, -0.2) is 64.0 Å². The molecule has 5 rings (SSSR count). The van der Waals surface area contributed by atoms with Crippen LogP contribution in [0.1, 0.15) is 42.4 Å². The van der Waals surface area contributed by atoms with Crippen molar-refractivity contribution < 1.29 is 29.3 Å². The van der Waals surface area contributed by atoms with Gasteiger partial charge < -0.3 is 19.8 Å². The highest BCUT2D eigenvalue weighted by Gasteiger charge is 2.31. The third-order valence-corrected chi connectivity index (χ3v) is 7.97. The van der Waals surface area contributed by atoms with Gasteiger partial charge in [0.15, 0.2) is 0 Å². The molecule has 0 unspecified atom stereocenters. The van der Waals surface area contributed by atoms with Gasteiger partial charge in [-0.15, -0.1) is 0 Å². The number of likely N-dealkylation sites (tertiary alicyclic amines) is 2. The lowest BCUT2D eigenvalue weighted by atomic mass is 9.88. The first-order valence-electron chi connectivity index (χ1n) is 14.6. The maximum absolute atomic E-state index is 13.2. The summed E-state index contributed by atoms with van der Waals surface area (Å²) in [4.78, 5) is 36.0. The monoisotopic (exact) mass is 572 g/mol. The number of ether oxygens (including phenoxy) is 1. The van der Waals surface area contributed by atoms with E-state index in [9.17, 15) is 4.79 Å². The third-order valence-electron chi connectivity index (χ3n) is 7.97. The minimum absolute atomic E-state index is 0.187. The molecule has 42 heavy (non-hydrogen) atoms. The largest absolute Gasteiger partial charge is 0.489 e. The molecule has 2 aliphatic rings. The maximum Gasteiger partial charge on any atom is 0.414 e. The van der Waals surface area contributed by atoms with Crippen LogP contribution in [0.2, 0.25) is 0 Å². The topological polar surface area (TPSA) is 107 Å². The van der Waals surface area contributed by atoms with E-state index >= 15 is 0 Å². The van der Waals surface area contributed by atoms with Gasteiger partial charge in [0.2, 0.25) is 5.91 Å². The van der Waals surface area contributed by atoms with Crippen LogP contribution >= 0.6 is 0 Å². The fourth-order valence-electron chi connectivity index (χ4n) is 5.63. The van der Waals surface area contributed by atoms with Crippen molar-refractivity contribution in [1.29, 1.82) is 0 Å². The molecule has 0 radical (unpaired) electrons. The molecule has 8 heteroatoms. The number of aliphatic carboxylic acids is 2. The summed E-state index contributed by atoms with van der Waals surface area (Å²) in [6.07, 6.45) is 5.32. The van der Waals surface area contributed by atoms with Crippen molar-refractivity contribution in [3.63, 3.8) is 0 Å². The second-order valence-electron chi connectivity index (χ2n) is 11.0. The van der Waals surface area contributed by atoms with Gasteiger partial charge in [-0.3, -0.25) is 9.69 Å². The fraction of sp³-hybridized carbons (Fsp3) is 0.382. The van der Waals surface area contributed by atoms with Crippen LogP contribution in [-0.2, 0) is 34.0 Å². The van der Waals surface area contributed by atoms with Gasteiger partial charge in [-0.1, -0.05) is 72.8 Å². The molecule has 0 aliphatic carbocycles. The molecule has 1 amide bonds. The van der Waals surface area contributed by atoms with Gasteiger partial charge >= 0.3 is 11.9 Å². The lowest BCUT2D eigenvalue weighted by Crippen LogP contribution is -2.45. The van der Waals surface area contributed by atoms with E-state index in [4.69, 9.17) is 24.5 Å². The highest BCUT2D eigenvalue weighted by atomic mass is 16.5. The maximum atomic E-state index is 13.2. The van der Waals surface area contributed by atoms with E-state index < -0.39 is 11.9 Å². The van der Waals surface area contributed by atoms with Crippen LogP contribution in [0.4, 0.5) is 0 Å². The molecule has 0 bridgehead atoms. The molecule has 3 aromatic carbocycles. The first-order chi connectivity index (χ1) is 20.4. The first-order valence-corrected chi connectivity index (χ1v) is 14.6. The molecule has 2 heterocycles. The number of hydrogen-bond acceptors (Lipinski definition) is 5. The minimum atomic E-state index is -1.82. The van der Waals surface area contributed by atoms with Gasteiger partial charge in [0.25, 0.3) is 0 Å². The Bertz CT molecular complexity index is 1270. The minimum Gasteiger partial charge on any atom is -0.489 e. The van der Waals surface area contributed by atoms with E-state index in [-0.39, 0.29) is 5.92 Å². The number of carbonyl (C=O) groups excluding carboxylic acids is 1. The van der Waals surface area contributed by atoms with Crippen molar-refractivity contribution >= 4 is 17.8 Å². The zero-order valence-electron chi connectivity index (χ0n) is 23.9. The second-order valence-corrected chi connectivity index (χ2v) is 11.0. The highest BCUT2D eigenvalue weighted by Crippen LogP contribution is 2.27. The van der Waals surface area contributed by atoms with E-state index in [2.05, 4.69) is 70.5 Å².